The lowest BCUT2D eigenvalue weighted by Gasteiger charge is -2.34. The van der Waals surface area contributed by atoms with E-state index >= 15 is 0 Å². The highest BCUT2D eigenvalue weighted by molar-refractivity contribution is 5.49. The minimum Gasteiger partial charge on any atom is -0.375 e. The Bertz CT molecular complexity index is 485. The van der Waals surface area contributed by atoms with Crippen LogP contribution in [0.4, 0.5) is 5.82 Å². The Hall–Kier alpha value is -1.67. The van der Waals surface area contributed by atoms with Gasteiger partial charge in [-0.15, -0.1) is 0 Å². The highest BCUT2D eigenvalue weighted by Gasteiger charge is 2.26. The van der Waals surface area contributed by atoms with Crippen LogP contribution in [0.25, 0.3) is 0 Å². The molecule has 20 heavy (non-hydrogen) atoms. The molecule has 2 heterocycles. The van der Waals surface area contributed by atoms with Crippen LogP contribution in [0, 0.1) is 11.3 Å². The minimum atomic E-state index is 0.372. The summed E-state index contributed by atoms with van der Waals surface area (Å²) in [5.74, 6) is 0.717. The molecule has 0 aromatic carbocycles. The first-order valence-corrected chi connectivity index (χ1v) is 7.48. The monoisotopic (exact) mass is 272 g/mol. The quantitative estimate of drug-likeness (QED) is 0.844. The molecule has 1 aromatic heterocycles. The van der Waals surface area contributed by atoms with E-state index in [1.165, 1.54) is 25.7 Å². The van der Waals surface area contributed by atoms with Gasteiger partial charge in [0.2, 0.25) is 0 Å². The Labute approximate surface area is 119 Å². The first kappa shape index (κ1) is 13.3. The van der Waals surface area contributed by atoms with Gasteiger partial charge in [-0.1, -0.05) is 12.8 Å². The second-order valence-electron chi connectivity index (χ2n) is 5.57. The van der Waals surface area contributed by atoms with Gasteiger partial charge in [-0.25, -0.2) is 9.97 Å². The zero-order valence-corrected chi connectivity index (χ0v) is 11.7. The van der Waals surface area contributed by atoms with Crippen molar-refractivity contribution in [2.24, 2.45) is 0 Å². The molecule has 3 rings (SSSR count). The van der Waals surface area contributed by atoms with Gasteiger partial charge >= 0.3 is 0 Å². The van der Waals surface area contributed by atoms with Crippen molar-refractivity contribution in [2.75, 3.05) is 18.0 Å². The summed E-state index contributed by atoms with van der Waals surface area (Å²) >= 11 is 0. The summed E-state index contributed by atoms with van der Waals surface area (Å²) < 4.78 is 6.17. The van der Waals surface area contributed by atoms with Gasteiger partial charge in [0.25, 0.3) is 0 Å². The van der Waals surface area contributed by atoms with E-state index in [1.807, 2.05) is 0 Å². The van der Waals surface area contributed by atoms with Crippen LogP contribution in [-0.2, 0) is 4.74 Å². The fraction of sp³-hybridized carbons (Fsp3) is 0.667. The number of piperidine rings is 1. The number of anilines is 1. The summed E-state index contributed by atoms with van der Waals surface area (Å²) in [5.41, 5.74) is 0.419. The van der Waals surface area contributed by atoms with Crippen LogP contribution < -0.4 is 4.90 Å². The lowest BCUT2D eigenvalue weighted by Crippen LogP contribution is -2.39. The van der Waals surface area contributed by atoms with Gasteiger partial charge in [0.15, 0.2) is 11.5 Å². The Morgan fingerprint density at radius 3 is 2.40 bits per heavy atom. The molecule has 0 unspecified atom stereocenters. The van der Waals surface area contributed by atoms with Gasteiger partial charge in [-0.3, -0.25) is 0 Å². The fourth-order valence-electron chi connectivity index (χ4n) is 3.14. The van der Waals surface area contributed by atoms with Crippen molar-refractivity contribution in [3.63, 3.8) is 0 Å². The van der Waals surface area contributed by atoms with Crippen LogP contribution in [0.3, 0.4) is 0 Å². The number of hydrogen-bond acceptors (Lipinski definition) is 5. The molecule has 0 N–H and O–H groups in total. The molecule has 106 valence electrons. The van der Waals surface area contributed by atoms with E-state index in [0.29, 0.717) is 23.7 Å². The maximum Gasteiger partial charge on any atom is 0.183 e. The molecule has 5 nitrogen and oxygen atoms in total. The van der Waals surface area contributed by atoms with Crippen molar-refractivity contribution < 1.29 is 4.74 Å². The van der Waals surface area contributed by atoms with Gasteiger partial charge in [0.05, 0.1) is 12.2 Å². The number of rotatable bonds is 3. The average Bonchev–Trinajstić information content (AvgIpc) is 3.01. The Morgan fingerprint density at radius 2 is 1.70 bits per heavy atom. The standard InChI is InChI=1S/C15H20N4O/c16-11-14-15(18-8-7-17-14)19-9-5-13(6-10-19)20-12-3-1-2-4-12/h7-8,12-13H,1-6,9-10H2. The van der Waals surface area contributed by atoms with Crippen LogP contribution >= 0.6 is 0 Å². The van der Waals surface area contributed by atoms with E-state index in [0.717, 1.165) is 25.9 Å². The third-order valence-corrected chi connectivity index (χ3v) is 4.21. The number of aromatic nitrogens is 2. The van der Waals surface area contributed by atoms with E-state index < -0.39 is 0 Å². The van der Waals surface area contributed by atoms with E-state index in [4.69, 9.17) is 10.00 Å². The summed E-state index contributed by atoms with van der Waals surface area (Å²) in [5, 5.41) is 9.09. The summed E-state index contributed by atoms with van der Waals surface area (Å²) in [6, 6.07) is 2.12. The summed E-state index contributed by atoms with van der Waals surface area (Å²) in [6.45, 7) is 1.79. The average molecular weight is 272 g/mol. The molecule has 0 amide bonds. The molecule has 2 fully saturated rings. The van der Waals surface area contributed by atoms with Gasteiger partial charge in [-0.2, -0.15) is 5.26 Å². The minimum absolute atomic E-state index is 0.372. The fourth-order valence-corrected chi connectivity index (χ4v) is 3.14. The van der Waals surface area contributed by atoms with Gasteiger partial charge in [-0.05, 0) is 25.7 Å². The lowest BCUT2D eigenvalue weighted by atomic mass is 10.1. The second-order valence-corrected chi connectivity index (χ2v) is 5.57. The Balaban J connectivity index is 1.56. The molecule has 1 saturated carbocycles. The molecule has 0 atom stereocenters. The number of hydrogen-bond donors (Lipinski definition) is 0. The Morgan fingerprint density at radius 1 is 1.05 bits per heavy atom. The summed E-state index contributed by atoms with van der Waals surface area (Å²) in [6.07, 6.45) is 11.2. The third kappa shape index (κ3) is 2.91. The molecule has 0 bridgehead atoms. The lowest BCUT2D eigenvalue weighted by molar-refractivity contribution is -0.0195. The predicted molar refractivity (Wildman–Crippen MR) is 75.3 cm³/mol. The number of ether oxygens (including phenoxy) is 1. The van der Waals surface area contributed by atoms with Crippen LogP contribution in [0.5, 0.6) is 0 Å². The Kier molecular flexibility index (Phi) is 4.12. The first-order chi connectivity index (χ1) is 9.86. The van der Waals surface area contributed by atoms with Crippen molar-refractivity contribution in [1.29, 1.82) is 5.26 Å². The van der Waals surface area contributed by atoms with E-state index in [9.17, 15) is 0 Å². The summed E-state index contributed by atoms with van der Waals surface area (Å²) in [7, 11) is 0. The third-order valence-electron chi connectivity index (χ3n) is 4.21. The molecule has 1 aliphatic carbocycles. The molecular weight excluding hydrogens is 252 g/mol. The zero-order valence-electron chi connectivity index (χ0n) is 11.7. The highest BCUT2D eigenvalue weighted by Crippen LogP contribution is 2.27. The largest absolute Gasteiger partial charge is 0.375 e. The maximum atomic E-state index is 9.09. The zero-order chi connectivity index (χ0) is 13.8. The van der Waals surface area contributed by atoms with E-state index in [1.54, 1.807) is 12.4 Å². The topological polar surface area (TPSA) is 62.0 Å². The van der Waals surface area contributed by atoms with Crippen LogP contribution in [-0.4, -0.2) is 35.3 Å². The molecule has 2 aliphatic rings. The SMILES string of the molecule is N#Cc1nccnc1N1CCC(OC2CCCC2)CC1. The van der Waals surface area contributed by atoms with Gasteiger partial charge < -0.3 is 9.64 Å². The normalized spacial score (nSPS) is 21.1. The first-order valence-electron chi connectivity index (χ1n) is 7.48. The smallest absolute Gasteiger partial charge is 0.183 e. The maximum absolute atomic E-state index is 9.09. The van der Waals surface area contributed by atoms with Crippen molar-refractivity contribution in [3.05, 3.63) is 18.1 Å². The van der Waals surface area contributed by atoms with Crippen molar-refractivity contribution in [2.45, 2.75) is 50.7 Å². The van der Waals surface area contributed by atoms with Crippen molar-refractivity contribution in [3.8, 4) is 6.07 Å². The summed E-state index contributed by atoms with van der Waals surface area (Å²) in [4.78, 5) is 10.5. The van der Waals surface area contributed by atoms with Crippen molar-refractivity contribution in [1.82, 2.24) is 9.97 Å². The number of nitrogens with zero attached hydrogens (tertiary/aromatic N) is 4. The van der Waals surface area contributed by atoms with E-state index in [2.05, 4.69) is 20.9 Å². The van der Waals surface area contributed by atoms with Crippen LogP contribution in [0.1, 0.15) is 44.2 Å². The van der Waals surface area contributed by atoms with Crippen LogP contribution in [0.15, 0.2) is 12.4 Å². The van der Waals surface area contributed by atoms with Crippen molar-refractivity contribution >= 4 is 5.82 Å². The molecule has 1 aromatic rings. The molecule has 0 radical (unpaired) electrons. The van der Waals surface area contributed by atoms with Crippen LogP contribution in [0.2, 0.25) is 0 Å². The second kappa shape index (κ2) is 6.19. The molecule has 1 saturated heterocycles. The molecule has 0 spiro atoms. The number of nitriles is 1. The molecular formula is C15H20N4O. The van der Waals surface area contributed by atoms with Gasteiger partial charge in [0, 0.05) is 25.5 Å². The predicted octanol–water partition coefficient (Wildman–Crippen LogP) is 2.28. The molecule has 1 aliphatic heterocycles. The van der Waals surface area contributed by atoms with Gasteiger partial charge in [0.1, 0.15) is 6.07 Å². The highest BCUT2D eigenvalue weighted by atomic mass is 16.5. The van der Waals surface area contributed by atoms with E-state index in [-0.39, 0.29) is 0 Å². The molecule has 5 heteroatoms.